The van der Waals surface area contributed by atoms with Crippen molar-refractivity contribution in [3.63, 3.8) is 0 Å². The average Bonchev–Trinajstić information content (AvgIpc) is 2.54. The lowest BCUT2D eigenvalue weighted by molar-refractivity contribution is -0.109. The predicted octanol–water partition coefficient (Wildman–Crippen LogP) is 8.23. The fourth-order valence-corrected chi connectivity index (χ4v) is 0.563. The molecule has 0 unspecified atom stereocenters. The lowest BCUT2D eigenvalue weighted by Crippen LogP contribution is -2.23. The zero-order chi connectivity index (χ0) is 17.3. The summed E-state index contributed by atoms with van der Waals surface area (Å²) in [5.74, 6) is 0.470. The van der Waals surface area contributed by atoms with E-state index in [1.54, 1.807) is 0 Å². The highest BCUT2D eigenvalue weighted by molar-refractivity contribution is 5.56. The first-order valence-corrected chi connectivity index (χ1v) is 7.83. The molecule has 1 atom stereocenters. The highest BCUT2D eigenvalue weighted by Gasteiger charge is 2.01. The Balaban J connectivity index is -0.0000000132. The lowest BCUT2D eigenvalue weighted by Gasteiger charge is -2.04. The summed E-state index contributed by atoms with van der Waals surface area (Å²) in [5.41, 5.74) is 2.16. The number of nitrogens with two attached hydrogens (primary N) is 1. The van der Waals surface area contributed by atoms with Gasteiger partial charge in [0.1, 0.15) is 7.70 Å². The second-order valence-corrected chi connectivity index (χ2v) is 2.37. The first kappa shape index (κ1) is 57.7. The van der Waals surface area contributed by atoms with Crippen LogP contribution in [0, 0.1) is 5.92 Å². The van der Waals surface area contributed by atoms with Gasteiger partial charge in [-0.15, -0.1) is 0 Å². The highest BCUT2D eigenvalue weighted by atomic mass is 16.1. The monoisotopic (exact) mass is 330 g/mol. The van der Waals surface area contributed by atoms with E-state index in [-0.39, 0.29) is 35.7 Å². The van der Waals surface area contributed by atoms with Gasteiger partial charge in [-0.1, -0.05) is 113 Å². The van der Waals surface area contributed by atoms with E-state index in [9.17, 15) is 4.79 Å². The van der Waals surface area contributed by atoms with Crippen molar-refractivity contribution < 1.29 is 6.21 Å². The van der Waals surface area contributed by atoms with E-state index in [2.05, 4.69) is 5.73 Å². The van der Waals surface area contributed by atoms with Crippen molar-refractivity contribution in [3.05, 3.63) is 0 Å². The molecule has 0 fully saturated rings. The molecule has 0 saturated heterocycles. The van der Waals surface area contributed by atoms with Crippen LogP contribution in [0.15, 0.2) is 0 Å². The van der Waals surface area contributed by atoms with Gasteiger partial charge in [0, 0.05) is 0 Å². The van der Waals surface area contributed by atoms with Gasteiger partial charge in [0.2, 0.25) is 0 Å². The second kappa shape index (κ2) is 137. The van der Waals surface area contributed by atoms with Crippen LogP contribution in [0.2, 0.25) is 1.41 Å². The van der Waals surface area contributed by atoms with Crippen molar-refractivity contribution in [1.82, 2.24) is 0 Å². The van der Waals surface area contributed by atoms with Gasteiger partial charge in [-0.2, -0.15) is 0 Å². The summed E-state index contributed by atoms with van der Waals surface area (Å²) in [6.45, 7) is 24.0. The van der Waals surface area contributed by atoms with E-state index in [1.165, 1.54) is 0 Å². The van der Waals surface area contributed by atoms with Crippen LogP contribution in [0.4, 0.5) is 0 Å². The minimum absolute atomic E-state index is 0. The van der Waals surface area contributed by atoms with Gasteiger partial charge >= 0.3 is 0 Å². The van der Waals surface area contributed by atoms with Crippen LogP contribution in [-0.2, 0) is 4.79 Å². The fraction of sp³-hybridized carbons (Fsp3) is 0.950. The third kappa shape index (κ3) is 215. The molecule has 150 valence electrons. The van der Waals surface area contributed by atoms with Crippen LogP contribution in [0.5, 0.6) is 0 Å². The first-order valence-electron chi connectivity index (χ1n) is 8.33. The Morgan fingerprint density at radius 2 is 1.00 bits per heavy atom. The number of hydrogen-bond acceptors (Lipinski definition) is 2. The van der Waals surface area contributed by atoms with E-state index in [1.807, 2.05) is 83.1 Å². The molecule has 0 rings (SSSR count). The molecule has 0 aliphatic carbocycles. The van der Waals surface area contributed by atoms with Crippen molar-refractivity contribution in [3.8, 4) is 0 Å². The molecule has 0 aromatic rings. The van der Waals surface area contributed by atoms with Gasteiger partial charge < -0.3 is 10.5 Å². The Morgan fingerprint density at radius 1 is 0.773 bits per heavy atom. The third-order valence-corrected chi connectivity index (χ3v) is 0.890. The Morgan fingerprint density at radius 3 is 1.05 bits per heavy atom. The van der Waals surface area contributed by atoms with E-state index >= 15 is 0 Å². The average molecular weight is 331 g/mol. The van der Waals surface area contributed by atoms with Crippen LogP contribution in [0.3, 0.4) is 0 Å². The van der Waals surface area contributed by atoms with E-state index in [4.69, 9.17) is 1.41 Å². The SMILES string of the molecule is C.C.C.C.CC.CC.CC.CC.CC.[2H]N[C@H](C=O)CC(C)C. The van der Waals surface area contributed by atoms with E-state index < -0.39 is 0 Å². The van der Waals surface area contributed by atoms with Crippen LogP contribution in [0.25, 0.3) is 0 Å². The topological polar surface area (TPSA) is 43.1 Å². The summed E-state index contributed by atoms with van der Waals surface area (Å²) in [7, 11) is 0. The number of hydrogen-bond donors (Lipinski definition) is 1. The largest absolute Gasteiger partial charge is 0.322 e. The molecular formula is C20H59NO. The lowest BCUT2D eigenvalue weighted by atomic mass is 10.1. The van der Waals surface area contributed by atoms with E-state index in [0.717, 1.165) is 12.7 Å². The van der Waals surface area contributed by atoms with Gasteiger partial charge in [0.15, 0.2) is 0 Å². The number of carbonyl (C=O) groups excluding carboxylic acids is 1. The zero-order valence-electron chi connectivity index (χ0n) is 16.3. The van der Waals surface area contributed by atoms with Crippen LogP contribution < -0.4 is 5.73 Å². The predicted molar refractivity (Wildman–Crippen MR) is 117 cm³/mol. The molecule has 0 aliphatic rings. The fourth-order valence-electron chi connectivity index (χ4n) is 0.563. The number of rotatable bonds is 4. The van der Waals surface area contributed by atoms with Crippen LogP contribution >= 0.6 is 0 Å². The van der Waals surface area contributed by atoms with Crippen LogP contribution in [0.1, 0.15) is 119 Å². The molecule has 0 radical (unpaired) electrons. The van der Waals surface area contributed by atoms with Gasteiger partial charge in [-0.25, -0.2) is 0 Å². The normalized spacial score (nSPS) is 7.05. The Labute approximate surface area is 150 Å². The Hall–Kier alpha value is -0.370. The van der Waals surface area contributed by atoms with Gasteiger partial charge in [-0.05, 0) is 12.3 Å². The minimum atomic E-state index is -0.287. The quantitative estimate of drug-likeness (QED) is 0.527. The molecule has 0 aliphatic heterocycles. The Kier molecular flexibility index (Phi) is 358. The molecular weight excluding hydrogens is 270 g/mol. The summed E-state index contributed by atoms with van der Waals surface area (Å²) >= 11 is 0. The first-order chi connectivity index (χ1) is 9.20. The molecule has 0 saturated carbocycles. The highest BCUT2D eigenvalue weighted by Crippen LogP contribution is 1.99. The smallest absolute Gasteiger partial charge is 0.136 e. The molecule has 22 heavy (non-hydrogen) atoms. The molecule has 0 bridgehead atoms. The Bertz CT molecular complexity index is 89.7. The molecule has 0 amide bonds. The van der Waals surface area contributed by atoms with Crippen molar-refractivity contribution in [2.24, 2.45) is 11.6 Å². The van der Waals surface area contributed by atoms with Gasteiger partial charge in [-0.3, -0.25) is 0 Å². The van der Waals surface area contributed by atoms with Gasteiger partial charge in [0.25, 0.3) is 0 Å². The molecule has 2 N–H and O–H groups in total. The van der Waals surface area contributed by atoms with Crippen molar-refractivity contribution >= 4 is 6.29 Å². The minimum Gasteiger partial charge on any atom is -0.322 e. The summed E-state index contributed by atoms with van der Waals surface area (Å²) in [6, 6.07) is -0.287. The molecule has 0 aromatic carbocycles. The maximum absolute atomic E-state index is 10.1. The molecule has 0 spiro atoms. The second-order valence-electron chi connectivity index (χ2n) is 2.37. The maximum Gasteiger partial charge on any atom is 0.136 e. The molecule has 0 heterocycles. The zero-order valence-corrected chi connectivity index (χ0v) is 15.3. The summed E-state index contributed by atoms with van der Waals surface area (Å²) in [6.07, 6.45) is 1.51. The maximum atomic E-state index is 10.1. The van der Waals surface area contributed by atoms with Crippen LogP contribution in [-0.4, -0.2) is 12.3 Å². The summed E-state index contributed by atoms with van der Waals surface area (Å²) in [5, 5.41) is 0. The number of carbonyl (C=O) groups is 1. The number of aldehydes is 1. The molecule has 2 heteroatoms. The van der Waals surface area contributed by atoms with E-state index in [0.29, 0.717) is 5.92 Å². The summed E-state index contributed by atoms with van der Waals surface area (Å²) < 4.78 is 6.67. The molecule has 2 nitrogen and oxygen atoms in total. The van der Waals surface area contributed by atoms with Crippen molar-refractivity contribution in [1.29, 1.82) is 0 Å². The molecule has 0 aromatic heterocycles. The standard InChI is InChI=1S/C6H13NO.5C2H6.4CH4/c1-5(2)3-6(7)4-8;5*1-2;;;;/h4-6H,3,7H2,1-2H3;5*1-2H3;4*1H4/t6-;;;;;;;;;/m0........./s1/i/hD. The van der Waals surface area contributed by atoms with Gasteiger partial charge in [0.05, 0.1) is 6.04 Å². The van der Waals surface area contributed by atoms with Crippen molar-refractivity contribution in [2.75, 3.05) is 0 Å². The third-order valence-electron chi connectivity index (χ3n) is 0.890. The van der Waals surface area contributed by atoms with Crippen molar-refractivity contribution in [2.45, 2.75) is 125 Å². The summed E-state index contributed by atoms with van der Waals surface area (Å²) in [4.78, 5) is 10.1.